The van der Waals surface area contributed by atoms with Gasteiger partial charge in [0.2, 0.25) is 0 Å². The predicted molar refractivity (Wildman–Crippen MR) is 99.5 cm³/mol. The summed E-state index contributed by atoms with van der Waals surface area (Å²) < 4.78 is 40.1. The van der Waals surface area contributed by atoms with E-state index in [1.807, 2.05) is 43.3 Å². The third kappa shape index (κ3) is 2.64. The lowest BCUT2D eigenvalue weighted by Gasteiger charge is -2.31. The fourth-order valence-electron chi connectivity index (χ4n) is 3.85. The first-order chi connectivity index (χ1) is 12.4. The van der Waals surface area contributed by atoms with Gasteiger partial charge < -0.3 is 9.47 Å². The molecule has 0 saturated carbocycles. The SMILES string of the molecule is Cc1ccc(S(=O)(=O)N2c3ccccc3[C@@H](C)[C@@H](C)C3OCOC32)cc1. The second kappa shape index (κ2) is 6.37. The monoisotopic (exact) mass is 373 g/mol. The number of benzene rings is 2. The molecule has 4 rings (SSSR count). The molecule has 1 saturated heterocycles. The van der Waals surface area contributed by atoms with Crippen molar-refractivity contribution in [3.63, 3.8) is 0 Å². The predicted octanol–water partition coefficient (Wildman–Crippen LogP) is 3.64. The van der Waals surface area contributed by atoms with Gasteiger partial charge in [-0.1, -0.05) is 49.7 Å². The number of anilines is 1. The van der Waals surface area contributed by atoms with E-state index in [9.17, 15) is 8.42 Å². The smallest absolute Gasteiger partial charge is 0.266 e. The largest absolute Gasteiger partial charge is 0.347 e. The summed E-state index contributed by atoms with van der Waals surface area (Å²) in [6.45, 7) is 6.25. The van der Waals surface area contributed by atoms with E-state index in [4.69, 9.17) is 9.47 Å². The number of ether oxygens (including phenoxy) is 2. The topological polar surface area (TPSA) is 55.8 Å². The Labute approximate surface area is 154 Å². The molecule has 2 aromatic carbocycles. The van der Waals surface area contributed by atoms with Crippen LogP contribution in [0.2, 0.25) is 0 Å². The Hall–Kier alpha value is -1.89. The fourth-order valence-corrected chi connectivity index (χ4v) is 5.43. The summed E-state index contributed by atoms with van der Waals surface area (Å²) in [6, 6.07) is 14.6. The first kappa shape index (κ1) is 17.5. The molecular weight excluding hydrogens is 350 g/mol. The van der Waals surface area contributed by atoms with Crippen LogP contribution >= 0.6 is 0 Å². The average Bonchev–Trinajstić information content (AvgIpc) is 3.07. The van der Waals surface area contributed by atoms with Gasteiger partial charge in [0.15, 0.2) is 6.23 Å². The number of sulfonamides is 1. The van der Waals surface area contributed by atoms with Gasteiger partial charge in [0.05, 0.1) is 10.6 Å². The number of para-hydroxylation sites is 1. The molecular formula is C20H23NO4S. The summed E-state index contributed by atoms with van der Waals surface area (Å²) in [4.78, 5) is 0.259. The second-order valence-corrected chi connectivity index (χ2v) is 8.94. The first-order valence-corrected chi connectivity index (χ1v) is 10.3. The third-order valence-corrected chi connectivity index (χ3v) is 7.35. The van der Waals surface area contributed by atoms with E-state index in [2.05, 4.69) is 13.8 Å². The van der Waals surface area contributed by atoms with Crippen LogP contribution in [-0.4, -0.2) is 27.5 Å². The van der Waals surface area contributed by atoms with Crippen LogP contribution in [-0.2, 0) is 19.5 Å². The zero-order valence-electron chi connectivity index (χ0n) is 15.1. The van der Waals surface area contributed by atoms with Crippen LogP contribution in [0, 0.1) is 12.8 Å². The van der Waals surface area contributed by atoms with E-state index in [1.165, 1.54) is 4.31 Å². The van der Waals surface area contributed by atoms with Gasteiger partial charge in [-0.25, -0.2) is 12.7 Å². The van der Waals surface area contributed by atoms with Crippen molar-refractivity contribution in [2.24, 2.45) is 5.92 Å². The van der Waals surface area contributed by atoms with Crippen molar-refractivity contribution >= 4 is 15.7 Å². The Bertz CT molecular complexity index is 910. The van der Waals surface area contributed by atoms with Crippen molar-refractivity contribution in [3.8, 4) is 0 Å². The normalized spacial score (nSPS) is 28.3. The van der Waals surface area contributed by atoms with Gasteiger partial charge in [-0.15, -0.1) is 0 Å². The lowest BCUT2D eigenvalue weighted by atomic mass is 9.85. The molecule has 0 aromatic heterocycles. The minimum Gasteiger partial charge on any atom is -0.347 e. The standard InChI is InChI=1S/C20H23NO4S/c1-13-8-10-16(11-9-13)26(22,23)21-18-7-5-4-6-17(18)14(2)15(3)19-20(21)25-12-24-19/h4-11,14-15,19-20H,12H2,1-3H3/t14-,15+,19?,20?/m0/s1. The zero-order chi connectivity index (χ0) is 18.5. The molecule has 138 valence electrons. The molecule has 0 radical (unpaired) electrons. The van der Waals surface area contributed by atoms with E-state index in [0.29, 0.717) is 5.69 Å². The van der Waals surface area contributed by atoms with E-state index < -0.39 is 16.3 Å². The number of fused-ring (bicyclic) bond motifs is 2. The van der Waals surface area contributed by atoms with Crippen molar-refractivity contribution in [1.29, 1.82) is 0 Å². The van der Waals surface area contributed by atoms with E-state index in [1.54, 1.807) is 12.1 Å². The van der Waals surface area contributed by atoms with Crippen LogP contribution in [0.15, 0.2) is 53.4 Å². The number of hydrogen-bond acceptors (Lipinski definition) is 4. The molecule has 2 heterocycles. The van der Waals surface area contributed by atoms with Crippen LogP contribution < -0.4 is 4.31 Å². The minimum absolute atomic E-state index is 0.106. The van der Waals surface area contributed by atoms with Crippen LogP contribution in [0.1, 0.15) is 30.9 Å². The Morgan fingerprint density at radius 2 is 1.69 bits per heavy atom. The Morgan fingerprint density at radius 1 is 1.00 bits per heavy atom. The maximum Gasteiger partial charge on any atom is 0.266 e. The molecule has 5 nitrogen and oxygen atoms in total. The summed E-state index contributed by atoms with van der Waals surface area (Å²) >= 11 is 0. The Morgan fingerprint density at radius 3 is 2.42 bits per heavy atom. The first-order valence-electron chi connectivity index (χ1n) is 8.84. The molecule has 2 aliphatic heterocycles. The number of hydrogen-bond donors (Lipinski definition) is 0. The highest BCUT2D eigenvalue weighted by molar-refractivity contribution is 7.92. The fraction of sp³-hybridized carbons (Fsp3) is 0.400. The molecule has 26 heavy (non-hydrogen) atoms. The second-order valence-electron chi connectivity index (χ2n) is 7.13. The highest BCUT2D eigenvalue weighted by atomic mass is 32.2. The average molecular weight is 373 g/mol. The molecule has 0 bridgehead atoms. The van der Waals surface area contributed by atoms with Crippen molar-refractivity contribution in [2.75, 3.05) is 11.1 Å². The lowest BCUT2D eigenvalue weighted by molar-refractivity contribution is 0.0259. The highest BCUT2D eigenvalue weighted by Crippen LogP contribution is 2.45. The maximum atomic E-state index is 13.6. The quantitative estimate of drug-likeness (QED) is 0.806. The van der Waals surface area contributed by atoms with Gasteiger partial charge in [-0.2, -0.15) is 0 Å². The molecule has 2 unspecified atom stereocenters. The molecule has 0 spiro atoms. The molecule has 0 N–H and O–H groups in total. The van der Waals surface area contributed by atoms with Gasteiger partial charge in [-0.05, 0) is 42.5 Å². The van der Waals surface area contributed by atoms with Gasteiger partial charge in [0, 0.05) is 0 Å². The summed E-state index contributed by atoms with van der Waals surface area (Å²) in [5.41, 5.74) is 2.68. The minimum atomic E-state index is -3.79. The summed E-state index contributed by atoms with van der Waals surface area (Å²) in [5.74, 6) is 0.278. The number of nitrogens with zero attached hydrogens (tertiary/aromatic N) is 1. The van der Waals surface area contributed by atoms with Crippen LogP contribution in [0.4, 0.5) is 5.69 Å². The van der Waals surface area contributed by atoms with Crippen LogP contribution in [0.3, 0.4) is 0 Å². The van der Waals surface area contributed by atoms with E-state index in [0.717, 1.165) is 11.1 Å². The summed E-state index contributed by atoms with van der Waals surface area (Å²) in [6.07, 6.45) is -0.972. The molecule has 0 amide bonds. The third-order valence-electron chi connectivity index (χ3n) is 5.56. The van der Waals surface area contributed by atoms with Crippen LogP contribution in [0.5, 0.6) is 0 Å². The van der Waals surface area contributed by atoms with Gasteiger partial charge in [0.25, 0.3) is 10.0 Å². The van der Waals surface area contributed by atoms with Gasteiger partial charge in [-0.3, -0.25) is 0 Å². The summed E-state index contributed by atoms with van der Waals surface area (Å²) in [5, 5.41) is 0. The summed E-state index contributed by atoms with van der Waals surface area (Å²) in [7, 11) is -3.79. The Balaban J connectivity index is 1.92. The Kier molecular flexibility index (Phi) is 4.29. The molecule has 0 aliphatic carbocycles. The number of aryl methyl sites for hydroxylation is 1. The maximum absolute atomic E-state index is 13.6. The van der Waals surface area contributed by atoms with Crippen molar-refractivity contribution in [2.45, 2.75) is 43.9 Å². The van der Waals surface area contributed by atoms with E-state index >= 15 is 0 Å². The highest BCUT2D eigenvalue weighted by Gasteiger charge is 2.48. The zero-order valence-corrected chi connectivity index (χ0v) is 15.9. The lowest BCUT2D eigenvalue weighted by Crippen LogP contribution is -2.46. The van der Waals surface area contributed by atoms with Gasteiger partial charge >= 0.3 is 0 Å². The molecule has 1 fully saturated rings. The molecule has 6 heteroatoms. The molecule has 4 atom stereocenters. The van der Waals surface area contributed by atoms with E-state index in [-0.39, 0.29) is 29.6 Å². The van der Waals surface area contributed by atoms with Crippen molar-refractivity contribution in [1.82, 2.24) is 0 Å². The van der Waals surface area contributed by atoms with Gasteiger partial charge in [0.1, 0.15) is 12.9 Å². The molecule has 2 aliphatic rings. The van der Waals surface area contributed by atoms with Crippen molar-refractivity contribution in [3.05, 3.63) is 59.7 Å². The van der Waals surface area contributed by atoms with Crippen LogP contribution in [0.25, 0.3) is 0 Å². The molecule has 2 aromatic rings. The number of rotatable bonds is 2. The van der Waals surface area contributed by atoms with Crippen molar-refractivity contribution < 1.29 is 17.9 Å².